The highest BCUT2D eigenvalue weighted by atomic mass is 35.5. The second-order valence-corrected chi connectivity index (χ2v) is 6.24. The summed E-state index contributed by atoms with van der Waals surface area (Å²) in [5.41, 5.74) is 3.60. The first kappa shape index (κ1) is 15.1. The van der Waals surface area contributed by atoms with Crippen molar-refractivity contribution in [2.75, 3.05) is 0 Å². The smallest absolute Gasteiger partial charge is 0.101 e. The Balaban J connectivity index is 2.11. The lowest BCUT2D eigenvalue weighted by molar-refractivity contribution is 1.06. The van der Waals surface area contributed by atoms with Gasteiger partial charge in [-0.15, -0.1) is 5.10 Å². The Morgan fingerprint density at radius 1 is 0.708 bits per heavy atom. The first-order valence-corrected chi connectivity index (χ1v) is 8.25. The number of aromatic nitrogens is 2. The van der Waals surface area contributed by atoms with E-state index in [0.717, 1.165) is 33.2 Å². The summed E-state index contributed by atoms with van der Waals surface area (Å²) in [6, 6.07) is 21.6. The number of fused-ring (bicyclic) bond motifs is 1. The predicted octanol–water partition coefficient (Wildman–Crippen LogP) is 6.27. The lowest BCUT2D eigenvalue weighted by atomic mass is 9.95. The Labute approximate surface area is 149 Å². The fourth-order valence-electron chi connectivity index (χ4n) is 2.90. The molecule has 0 aliphatic carbocycles. The van der Waals surface area contributed by atoms with E-state index >= 15 is 0 Å². The number of rotatable bonds is 2. The molecular formula is C20H12Cl2N2. The van der Waals surface area contributed by atoms with E-state index in [-0.39, 0.29) is 0 Å². The molecule has 0 aliphatic rings. The molecule has 116 valence electrons. The van der Waals surface area contributed by atoms with Crippen LogP contribution in [0.2, 0.25) is 10.0 Å². The molecule has 0 unspecified atom stereocenters. The third kappa shape index (κ3) is 2.54. The third-order valence-corrected chi connectivity index (χ3v) is 4.60. The van der Waals surface area contributed by atoms with Gasteiger partial charge in [0.1, 0.15) is 5.69 Å². The van der Waals surface area contributed by atoms with E-state index in [2.05, 4.69) is 10.2 Å². The van der Waals surface area contributed by atoms with E-state index in [1.54, 1.807) is 6.20 Å². The lowest BCUT2D eigenvalue weighted by Crippen LogP contribution is -1.93. The summed E-state index contributed by atoms with van der Waals surface area (Å²) in [6.07, 6.45) is 1.76. The minimum Gasteiger partial charge on any atom is -0.158 e. The number of benzene rings is 3. The molecule has 4 aromatic rings. The first-order chi connectivity index (χ1) is 11.8. The Morgan fingerprint density at radius 2 is 1.42 bits per heavy atom. The topological polar surface area (TPSA) is 25.8 Å². The SMILES string of the molecule is Clc1cccc(Cl)c1-c1cccc2cnnc(-c3ccccc3)c12. The molecule has 1 heterocycles. The summed E-state index contributed by atoms with van der Waals surface area (Å²) in [7, 11) is 0. The third-order valence-electron chi connectivity index (χ3n) is 3.97. The zero-order valence-corrected chi connectivity index (χ0v) is 14.1. The van der Waals surface area contributed by atoms with Gasteiger partial charge < -0.3 is 0 Å². The van der Waals surface area contributed by atoms with Crippen LogP contribution in [0.3, 0.4) is 0 Å². The van der Waals surface area contributed by atoms with Crippen molar-refractivity contribution in [1.82, 2.24) is 10.2 Å². The normalized spacial score (nSPS) is 10.9. The standard InChI is InChI=1S/C20H12Cl2N2/c21-16-10-5-11-17(22)19(16)15-9-4-8-14-12-23-24-20(18(14)15)13-6-2-1-3-7-13/h1-12H. The van der Waals surface area contributed by atoms with Gasteiger partial charge in [0.2, 0.25) is 0 Å². The van der Waals surface area contributed by atoms with Crippen LogP contribution >= 0.6 is 23.2 Å². The molecular weight excluding hydrogens is 339 g/mol. The maximum Gasteiger partial charge on any atom is 0.101 e. The van der Waals surface area contributed by atoms with Gasteiger partial charge in [0.25, 0.3) is 0 Å². The molecule has 0 bridgehead atoms. The van der Waals surface area contributed by atoms with E-state index in [9.17, 15) is 0 Å². The minimum absolute atomic E-state index is 0.617. The van der Waals surface area contributed by atoms with Gasteiger partial charge in [0.15, 0.2) is 0 Å². The van der Waals surface area contributed by atoms with Crippen LogP contribution < -0.4 is 0 Å². The molecule has 2 nitrogen and oxygen atoms in total. The number of hydrogen-bond acceptors (Lipinski definition) is 2. The van der Waals surface area contributed by atoms with Gasteiger partial charge >= 0.3 is 0 Å². The van der Waals surface area contributed by atoms with Crippen LogP contribution in [0.25, 0.3) is 33.2 Å². The fraction of sp³-hybridized carbons (Fsp3) is 0. The Bertz CT molecular complexity index is 1000. The summed E-state index contributed by atoms with van der Waals surface area (Å²) in [4.78, 5) is 0. The van der Waals surface area contributed by atoms with E-state index in [0.29, 0.717) is 10.0 Å². The summed E-state index contributed by atoms with van der Waals surface area (Å²) >= 11 is 12.9. The highest BCUT2D eigenvalue weighted by Gasteiger charge is 2.15. The van der Waals surface area contributed by atoms with Crippen molar-refractivity contribution in [2.24, 2.45) is 0 Å². The second-order valence-electron chi connectivity index (χ2n) is 5.43. The molecule has 1 aromatic heterocycles. The van der Waals surface area contributed by atoms with Gasteiger partial charge in [-0.05, 0) is 17.7 Å². The first-order valence-electron chi connectivity index (χ1n) is 7.50. The molecule has 4 heteroatoms. The second kappa shape index (κ2) is 6.23. The number of nitrogens with zero attached hydrogens (tertiary/aromatic N) is 2. The predicted molar refractivity (Wildman–Crippen MR) is 100 cm³/mol. The average molecular weight is 351 g/mol. The zero-order valence-electron chi connectivity index (χ0n) is 12.6. The van der Waals surface area contributed by atoms with Gasteiger partial charge in [0, 0.05) is 31.9 Å². The van der Waals surface area contributed by atoms with Crippen LogP contribution in [-0.4, -0.2) is 10.2 Å². The van der Waals surface area contributed by atoms with Crippen LogP contribution in [0.15, 0.2) is 72.9 Å². The molecule has 0 atom stereocenters. The van der Waals surface area contributed by atoms with Gasteiger partial charge in [-0.3, -0.25) is 0 Å². The van der Waals surface area contributed by atoms with E-state index in [4.69, 9.17) is 23.2 Å². The van der Waals surface area contributed by atoms with Crippen LogP contribution in [-0.2, 0) is 0 Å². The molecule has 0 saturated carbocycles. The quantitative estimate of drug-likeness (QED) is 0.425. The van der Waals surface area contributed by atoms with Gasteiger partial charge in [-0.2, -0.15) is 5.10 Å². The van der Waals surface area contributed by atoms with Crippen LogP contribution in [0.4, 0.5) is 0 Å². The van der Waals surface area contributed by atoms with E-state index < -0.39 is 0 Å². The fourth-order valence-corrected chi connectivity index (χ4v) is 3.50. The Morgan fingerprint density at radius 3 is 2.17 bits per heavy atom. The van der Waals surface area contributed by atoms with Crippen molar-refractivity contribution in [1.29, 1.82) is 0 Å². The van der Waals surface area contributed by atoms with Gasteiger partial charge in [-0.1, -0.05) is 77.8 Å². The van der Waals surface area contributed by atoms with E-state index in [1.807, 2.05) is 66.7 Å². The number of halogens is 2. The van der Waals surface area contributed by atoms with Crippen molar-refractivity contribution in [2.45, 2.75) is 0 Å². The molecule has 0 spiro atoms. The van der Waals surface area contributed by atoms with Crippen LogP contribution in [0.5, 0.6) is 0 Å². The molecule has 0 saturated heterocycles. The largest absolute Gasteiger partial charge is 0.158 e. The van der Waals surface area contributed by atoms with Crippen molar-refractivity contribution in [3.63, 3.8) is 0 Å². The Kier molecular flexibility index (Phi) is 3.93. The van der Waals surface area contributed by atoms with E-state index in [1.165, 1.54) is 0 Å². The highest BCUT2D eigenvalue weighted by Crippen LogP contribution is 2.40. The molecule has 24 heavy (non-hydrogen) atoms. The van der Waals surface area contributed by atoms with Crippen molar-refractivity contribution in [3.8, 4) is 22.4 Å². The molecule has 0 N–H and O–H groups in total. The maximum absolute atomic E-state index is 6.44. The molecule has 0 aliphatic heterocycles. The summed E-state index contributed by atoms with van der Waals surface area (Å²) in [5.74, 6) is 0. The minimum atomic E-state index is 0.617. The zero-order chi connectivity index (χ0) is 16.5. The molecule has 3 aromatic carbocycles. The summed E-state index contributed by atoms with van der Waals surface area (Å²) < 4.78 is 0. The Hall–Kier alpha value is -2.42. The van der Waals surface area contributed by atoms with Crippen molar-refractivity contribution in [3.05, 3.63) is 83.0 Å². The maximum atomic E-state index is 6.44. The van der Waals surface area contributed by atoms with Crippen molar-refractivity contribution < 1.29 is 0 Å². The monoisotopic (exact) mass is 350 g/mol. The number of hydrogen-bond donors (Lipinski definition) is 0. The van der Waals surface area contributed by atoms with Gasteiger partial charge in [0.05, 0.1) is 6.20 Å². The summed E-state index contributed by atoms with van der Waals surface area (Å²) in [5, 5.41) is 11.8. The molecule has 0 fully saturated rings. The summed E-state index contributed by atoms with van der Waals surface area (Å²) in [6.45, 7) is 0. The van der Waals surface area contributed by atoms with Crippen LogP contribution in [0.1, 0.15) is 0 Å². The molecule has 0 radical (unpaired) electrons. The molecule has 4 rings (SSSR count). The van der Waals surface area contributed by atoms with Crippen molar-refractivity contribution >= 4 is 34.0 Å². The highest BCUT2D eigenvalue weighted by molar-refractivity contribution is 6.39. The molecule has 0 amide bonds. The average Bonchev–Trinajstić information content (AvgIpc) is 2.62. The van der Waals surface area contributed by atoms with Gasteiger partial charge in [-0.25, -0.2) is 0 Å². The van der Waals surface area contributed by atoms with Crippen LogP contribution in [0, 0.1) is 0 Å². The lowest BCUT2D eigenvalue weighted by Gasteiger charge is -2.13.